The Bertz CT molecular complexity index is 1340. The molecule has 3 aromatic rings. The van der Waals surface area contributed by atoms with Crippen LogP contribution in [0.1, 0.15) is 37.5 Å². The van der Waals surface area contributed by atoms with E-state index in [9.17, 15) is 18.0 Å². The van der Waals surface area contributed by atoms with E-state index in [-0.39, 0.29) is 18.9 Å². The van der Waals surface area contributed by atoms with E-state index in [1.165, 1.54) is 4.90 Å². The van der Waals surface area contributed by atoms with Crippen molar-refractivity contribution in [3.05, 3.63) is 102 Å². The predicted octanol–water partition coefficient (Wildman–Crippen LogP) is 4.32. The summed E-state index contributed by atoms with van der Waals surface area (Å²) < 4.78 is 26.7. The van der Waals surface area contributed by atoms with E-state index in [2.05, 4.69) is 5.32 Å². The molecule has 0 spiro atoms. The summed E-state index contributed by atoms with van der Waals surface area (Å²) in [6, 6.07) is 25.0. The second kappa shape index (κ2) is 12.3. The maximum atomic E-state index is 14.0. The zero-order valence-corrected chi connectivity index (χ0v) is 23.5. The average molecular weight is 536 g/mol. The summed E-state index contributed by atoms with van der Waals surface area (Å²) in [5.74, 6) is -0.766. The number of carbonyl (C=O) groups is 2. The molecule has 8 heteroatoms. The largest absolute Gasteiger partial charge is 0.350 e. The van der Waals surface area contributed by atoms with Crippen LogP contribution in [0, 0.1) is 6.92 Å². The Hall–Kier alpha value is -3.65. The summed E-state index contributed by atoms with van der Waals surface area (Å²) in [5, 5.41) is 3.02. The van der Waals surface area contributed by atoms with Crippen molar-refractivity contribution in [3.8, 4) is 0 Å². The molecule has 0 bridgehead atoms. The molecule has 1 atom stereocenters. The molecule has 0 aromatic heterocycles. The Balaban J connectivity index is 2.05. The van der Waals surface area contributed by atoms with Crippen molar-refractivity contribution in [1.82, 2.24) is 10.2 Å². The summed E-state index contributed by atoms with van der Waals surface area (Å²) in [4.78, 5) is 29.2. The first-order valence-electron chi connectivity index (χ1n) is 12.6. The number of carbonyl (C=O) groups excluding carboxylic acids is 2. The number of hydrogen-bond acceptors (Lipinski definition) is 4. The molecule has 0 fully saturated rings. The Morgan fingerprint density at radius 3 is 1.97 bits per heavy atom. The lowest BCUT2D eigenvalue weighted by Gasteiger charge is -2.35. The van der Waals surface area contributed by atoms with Gasteiger partial charge in [-0.2, -0.15) is 0 Å². The molecule has 1 N–H and O–H groups in total. The molecule has 7 nitrogen and oxygen atoms in total. The van der Waals surface area contributed by atoms with E-state index in [0.29, 0.717) is 5.69 Å². The lowest BCUT2D eigenvalue weighted by atomic mass is 10.0. The Morgan fingerprint density at radius 2 is 1.45 bits per heavy atom. The van der Waals surface area contributed by atoms with Crippen molar-refractivity contribution in [2.75, 3.05) is 17.1 Å². The van der Waals surface area contributed by atoms with Crippen LogP contribution in [0.15, 0.2) is 84.9 Å². The molecule has 3 rings (SSSR count). The van der Waals surface area contributed by atoms with Gasteiger partial charge in [-0.05, 0) is 56.5 Å². The highest BCUT2D eigenvalue weighted by Gasteiger charge is 2.34. The fraction of sp³-hybridized carbons (Fsp3) is 0.333. The zero-order valence-electron chi connectivity index (χ0n) is 22.7. The minimum Gasteiger partial charge on any atom is -0.350 e. The first-order valence-corrected chi connectivity index (χ1v) is 14.4. The minimum absolute atomic E-state index is 0.153. The lowest BCUT2D eigenvalue weighted by molar-refractivity contribution is -0.140. The highest BCUT2D eigenvalue weighted by molar-refractivity contribution is 7.92. The highest BCUT2D eigenvalue weighted by Crippen LogP contribution is 2.21. The number of nitrogens with one attached hydrogen (secondary N) is 1. The predicted molar refractivity (Wildman–Crippen MR) is 152 cm³/mol. The third-order valence-electron chi connectivity index (χ3n) is 5.93. The molecule has 0 saturated heterocycles. The second-order valence-corrected chi connectivity index (χ2v) is 12.5. The van der Waals surface area contributed by atoms with E-state index >= 15 is 0 Å². The summed E-state index contributed by atoms with van der Waals surface area (Å²) in [5.41, 5.74) is 2.49. The van der Waals surface area contributed by atoms with Crippen LogP contribution in [0.25, 0.3) is 0 Å². The van der Waals surface area contributed by atoms with Crippen LogP contribution in [0.4, 0.5) is 5.69 Å². The van der Waals surface area contributed by atoms with Crippen molar-refractivity contribution in [2.24, 2.45) is 0 Å². The Labute approximate surface area is 226 Å². The van der Waals surface area contributed by atoms with Gasteiger partial charge in [-0.25, -0.2) is 8.42 Å². The molecule has 0 saturated carbocycles. The van der Waals surface area contributed by atoms with Gasteiger partial charge >= 0.3 is 0 Å². The van der Waals surface area contributed by atoms with Crippen molar-refractivity contribution < 1.29 is 18.0 Å². The van der Waals surface area contributed by atoms with Crippen LogP contribution < -0.4 is 9.62 Å². The van der Waals surface area contributed by atoms with Crippen molar-refractivity contribution in [3.63, 3.8) is 0 Å². The van der Waals surface area contributed by atoms with Crippen LogP contribution in [0.5, 0.6) is 0 Å². The Morgan fingerprint density at radius 1 is 0.868 bits per heavy atom. The fourth-order valence-corrected chi connectivity index (χ4v) is 5.03. The first kappa shape index (κ1) is 28.9. The molecular formula is C30H37N3O4S. The molecule has 0 aliphatic carbocycles. The molecule has 3 aromatic carbocycles. The van der Waals surface area contributed by atoms with Crippen LogP contribution >= 0.6 is 0 Å². The monoisotopic (exact) mass is 535 g/mol. The number of nitrogens with zero attached hydrogens (tertiary/aromatic N) is 2. The van der Waals surface area contributed by atoms with Gasteiger partial charge in [-0.1, -0.05) is 72.8 Å². The number of rotatable bonds is 10. The molecule has 2 amide bonds. The summed E-state index contributed by atoms with van der Waals surface area (Å²) in [6.45, 7) is 7.24. The lowest BCUT2D eigenvalue weighted by Crippen LogP contribution is -2.56. The van der Waals surface area contributed by atoms with Gasteiger partial charge in [0.1, 0.15) is 12.6 Å². The zero-order chi connectivity index (χ0) is 27.9. The standard InChI is InChI=1S/C30H37N3O4S/c1-23-13-12-18-26(19-23)33(38(5,36)37)22-28(34)32(21-25-16-10-7-11-17-25)27(29(35)31-30(2,3)4)20-24-14-8-6-9-15-24/h6-19,27H,20-22H2,1-5H3,(H,31,35)/t27-/m0/s1. The molecular weight excluding hydrogens is 498 g/mol. The van der Waals surface area contributed by atoms with Gasteiger partial charge in [0.15, 0.2) is 0 Å². The number of amides is 2. The SMILES string of the molecule is Cc1cccc(N(CC(=O)N(Cc2ccccc2)[C@@H](Cc2ccccc2)C(=O)NC(C)(C)C)S(C)(=O)=O)c1. The van der Waals surface area contributed by atoms with Gasteiger partial charge in [0.2, 0.25) is 21.8 Å². The normalized spacial score (nSPS) is 12.4. The number of aryl methyl sites for hydroxylation is 1. The minimum atomic E-state index is -3.78. The van der Waals surface area contributed by atoms with Crippen molar-refractivity contribution in [1.29, 1.82) is 0 Å². The van der Waals surface area contributed by atoms with Gasteiger partial charge in [-0.3, -0.25) is 13.9 Å². The number of sulfonamides is 1. The molecule has 0 heterocycles. The van der Waals surface area contributed by atoms with E-state index < -0.39 is 34.1 Å². The summed E-state index contributed by atoms with van der Waals surface area (Å²) in [6.07, 6.45) is 1.36. The van der Waals surface area contributed by atoms with Crippen LogP contribution in [-0.2, 0) is 32.6 Å². The Kier molecular flexibility index (Phi) is 9.33. The van der Waals surface area contributed by atoms with Crippen LogP contribution in [0.3, 0.4) is 0 Å². The number of benzene rings is 3. The second-order valence-electron chi connectivity index (χ2n) is 10.6. The number of hydrogen-bond donors (Lipinski definition) is 1. The van der Waals surface area contributed by atoms with Crippen LogP contribution in [-0.4, -0.2) is 49.5 Å². The van der Waals surface area contributed by atoms with Gasteiger partial charge in [0.05, 0.1) is 11.9 Å². The quantitative estimate of drug-likeness (QED) is 0.419. The van der Waals surface area contributed by atoms with E-state index in [1.54, 1.807) is 18.2 Å². The first-order chi connectivity index (χ1) is 17.8. The topological polar surface area (TPSA) is 86.8 Å². The van der Waals surface area contributed by atoms with Crippen LogP contribution in [0.2, 0.25) is 0 Å². The summed E-state index contributed by atoms with van der Waals surface area (Å²) in [7, 11) is -3.78. The third-order valence-corrected chi connectivity index (χ3v) is 7.07. The van der Waals surface area contributed by atoms with Crippen molar-refractivity contribution in [2.45, 2.75) is 52.2 Å². The number of anilines is 1. The molecule has 0 radical (unpaired) electrons. The molecule has 38 heavy (non-hydrogen) atoms. The highest BCUT2D eigenvalue weighted by atomic mass is 32.2. The van der Waals surface area contributed by atoms with Gasteiger partial charge in [-0.15, -0.1) is 0 Å². The summed E-state index contributed by atoms with van der Waals surface area (Å²) >= 11 is 0. The third kappa shape index (κ3) is 8.45. The van der Waals surface area contributed by atoms with E-state index in [4.69, 9.17) is 0 Å². The fourth-order valence-electron chi connectivity index (χ4n) is 4.18. The average Bonchev–Trinajstić information content (AvgIpc) is 2.84. The van der Waals surface area contributed by atoms with Gasteiger partial charge in [0, 0.05) is 18.5 Å². The van der Waals surface area contributed by atoms with Gasteiger partial charge < -0.3 is 10.2 Å². The van der Waals surface area contributed by atoms with E-state index in [1.807, 2.05) is 94.4 Å². The van der Waals surface area contributed by atoms with Gasteiger partial charge in [0.25, 0.3) is 0 Å². The maximum Gasteiger partial charge on any atom is 0.244 e. The molecule has 0 aliphatic rings. The maximum absolute atomic E-state index is 14.0. The molecule has 202 valence electrons. The smallest absolute Gasteiger partial charge is 0.244 e. The molecule has 0 unspecified atom stereocenters. The van der Waals surface area contributed by atoms with Crippen molar-refractivity contribution >= 4 is 27.5 Å². The van der Waals surface area contributed by atoms with E-state index in [0.717, 1.165) is 27.3 Å². The molecule has 0 aliphatic heterocycles.